The van der Waals surface area contributed by atoms with Gasteiger partial charge in [-0.25, -0.2) is 0 Å². The Morgan fingerprint density at radius 3 is 2.93 bits per heavy atom. The monoisotopic (exact) mass is 400 g/mol. The molecular weight excluding hydrogens is 380 g/mol. The van der Waals surface area contributed by atoms with Crippen molar-refractivity contribution in [2.45, 2.75) is 23.5 Å². The second kappa shape index (κ2) is 8.96. The number of nitrogens with one attached hydrogen (secondary N) is 1. The second-order valence-electron chi connectivity index (χ2n) is 5.66. The van der Waals surface area contributed by atoms with E-state index in [1.54, 1.807) is 24.1 Å². The predicted octanol–water partition coefficient (Wildman–Crippen LogP) is 4.49. The standard InChI is InChI=1S/C19H20N4O2S2/c1-4-9-23-18(16-8-10-25-13(16)2)21-22-19(23)27-12-17(24)20-14-6-5-7-15(11-14)26-3/h4-8,10-11H,1,9,12H2,2-3H3,(H,20,24). The van der Waals surface area contributed by atoms with Crippen LogP contribution in [0.4, 0.5) is 5.69 Å². The molecule has 0 aliphatic carbocycles. The van der Waals surface area contributed by atoms with E-state index in [-0.39, 0.29) is 11.7 Å². The summed E-state index contributed by atoms with van der Waals surface area (Å²) in [5.41, 5.74) is 1.67. The third kappa shape index (κ3) is 4.64. The maximum absolute atomic E-state index is 12.3. The quantitative estimate of drug-likeness (QED) is 0.444. The highest BCUT2D eigenvalue weighted by Gasteiger charge is 2.17. The van der Waals surface area contributed by atoms with Crippen LogP contribution in [0.1, 0.15) is 5.76 Å². The Morgan fingerprint density at radius 1 is 1.37 bits per heavy atom. The van der Waals surface area contributed by atoms with E-state index in [4.69, 9.17) is 4.42 Å². The van der Waals surface area contributed by atoms with E-state index in [9.17, 15) is 4.79 Å². The summed E-state index contributed by atoms with van der Waals surface area (Å²) < 4.78 is 7.29. The minimum atomic E-state index is -0.0903. The Labute approximate surface area is 166 Å². The van der Waals surface area contributed by atoms with Gasteiger partial charge in [0.05, 0.1) is 17.6 Å². The Hall–Kier alpha value is -2.45. The van der Waals surface area contributed by atoms with Crippen LogP contribution in [-0.2, 0) is 11.3 Å². The number of carbonyl (C=O) groups is 1. The first kappa shape index (κ1) is 19.3. The van der Waals surface area contributed by atoms with Gasteiger partial charge in [0.25, 0.3) is 0 Å². The lowest BCUT2D eigenvalue weighted by atomic mass is 10.2. The van der Waals surface area contributed by atoms with Crippen molar-refractivity contribution < 1.29 is 9.21 Å². The molecule has 0 aliphatic rings. The molecule has 3 aromatic rings. The average Bonchev–Trinajstić information content (AvgIpc) is 3.26. The number of amides is 1. The van der Waals surface area contributed by atoms with E-state index >= 15 is 0 Å². The van der Waals surface area contributed by atoms with Gasteiger partial charge in [0.15, 0.2) is 11.0 Å². The summed E-state index contributed by atoms with van der Waals surface area (Å²) in [5.74, 6) is 1.63. The zero-order valence-corrected chi connectivity index (χ0v) is 16.8. The highest BCUT2D eigenvalue weighted by molar-refractivity contribution is 7.99. The minimum absolute atomic E-state index is 0.0903. The third-order valence-corrected chi connectivity index (χ3v) is 5.51. The Balaban J connectivity index is 1.70. The Kier molecular flexibility index (Phi) is 6.41. The van der Waals surface area contributed by atoms with Crippen molar-refractivity contribution in [2.24, 2.45) is 0 Å². The molecule has 0 bridgehead atoms. The molecule has 1 amide bonds. The van der Waals surface area contributed by atoms with Gasteiger partial charge in [-0.2, -0.15) is 0 Å². The number of thioether (sulfide) groups is 2. The lowest BCUT2D eigenvalue weighted by molar-refractivity contribution is -0.113. The molecule has 0 atom stereocenters. The zero-order valence-electron chi connectivity index (χ0n) is 15.1. The van der Waals surface area contributed by atoms with Gasteiger partial charge >= 0.3 is 0 Å². The maximum Gasteiger partial charge on any atom is 0.234 e. The number of allylic oxidation sites excluding steroid dienone is 1. The molecule has 6 nitrogen and oxygen atoms in total. The fourth-order valence-electron chi connectivity index (χ4n) is 2.53. The molecule has 0 aliphatic heterocycles. The number of hydrogen-bond acceptors (Lipinski definition) is 6. The van der Waals surface area contributed by atoms with Gasteiger partial charge in [-0.05, 0) is 37.4 Å². The van der Waals surface area contributed by atoms with Crippen LogP contribution in [0, 0.1) is 6.92 Å². The second-order valence-corrected chi connectivity index (χ2v) is 7.49. The minimum Gasteiger partial charge on any atom is -0.469 e. The lowest BCUT2D eigenvalue weighted by Gasteiger charge is -2.08. The average molecular weight is 401 g/mol. The van der Waals surface area contributed by atoms with Gasteiger partial charge in [0.1, 0.15) is 5.76 Å². The molecule has 0 fully saturated rings. The number of nitrogens with zero attached hydrogens (tertiary/aromatic N) is 3. The van der Waals surface area contributed by atoms with E-state index in [2.05, 4.69) is 22.1 Å². The number of hydrogen-bond donors (Lipinski definition) is 1. The van der Waals surface area contributed by atoms with Gasteiger partial charge in [-0.3, -0.25) is 9.36 Å². The number of anilines is 1. The van der Waals surface area contributed by atoms with Crippen molar-refractivity contribution in [1.29, 1.82) is 0 Å². The number of aromatic nitrogens is 3. The topological polar surface area (TPSA) is 73.0 Å². The number of carbonyl (C=O) groups excluding carboxylic acids is 1. The van der Waals surface area contributed by atoms with E-state index in [1.807, 2.05) is 48.1 Å². The van der Waals surface area contributed by atoms with Crippen molar-refractivity contribution in [3.8, 4) is 11.4 Å². The number of aryl methyl sites for hydroxylation is 1. The number of rotatable bonds is 8. The van der Waals surface area contributed by atoms with Crippen LogP contribution in [0.5, 0.6) is 0 Å². The van der Waals surface area contributed by atoms with Gasteiger partial charge in [0, 0.05) is 17.1 Å². The molecule has 0 spiro atoms. The molecule has 2 heterocycles. The summed E-state index contributed by atoms with van der Waals surface area (Å²) in [6.45, 7) is 6.23. The number of furan rings is 1. The summed E-state index contributed by atoms with van der Waals surface area (Å²) in [7, 11) is 0. The Bertz CT molecular complexity index is 949. The van der Waals surface area contributed by atoms with E-state index in [1.165, 1.54) is 11.8 Å². The molecule has 0 unspecified atom stereocenters. The first-order valence-corrected chi connectivity index (χ1v) is 10.5. The summed E-state index contributed by atoms with van der Waals surface area (Å²) >= 11 is 2.98. The summed E-state index contributed by atoms with van der Waals surface area (Å²) in [6.07, 6.45) is 5.41. The molecule has 1 N–H and O–H groups in total. The van der Waals surface area contributed by atoms with Crippen molar-refractivity contribution in [3.63, 3.8) is 0 Å². The number of benzene rings is 1. The molecule has 0 saturated heterocycles. The van der Waals surface area contributed by atoms with Gasteiger partial charge in [0.2, 0.25) is 5.91 Å². The predicted molar refractivity (Wildman–Crippen MR) is 110 cm³/mol. The molecule has 140 valence electrons. The van der Waals surface area contributed by atoms with Crippen LogP contribution in [0.2, 0.25) is 0 Å². The van der Waals surface area contributed by atoms with Crippen LogP contribution >= 0.6 is 23.5 Å². The highest BCUT2D eigenvalue weighted by Crippen LogP contribution is 2.27. The normalized spacial score (nSPS) is 10.7. The SMILES string of the molecule is C=CCn1c(SCC(=O)Nc2cccc(SC)c2)nnc1-c1ccoc1C. The first-order chi connectivity index (χ1) is 13.1. The Morgan fingerprint density at radius 2 is 2.22 bits per heavy atom. The molecule has 3 rings (SSSR count). The van der Waals surface area contributed by atoms with Crippen LogP contribution in [0.3, 0.4) is 0 Å². The molecule has 0 saturated carbocycles. The van der Waals surface area contributed by atoms with Crippen molar-refractivity contribution >= 4 is 35.1 Å². The molecule has 1 aromatic carbocycles. The molecule has 8 heteroatoms. The highest BCUT2D eigenvalue weighted by atomic mass is 32.2. The lowest BCUT2D eigenvalue weighted by Crippen LogP contribution is -2.14. The molecular formula is C19H20N4O2S2. The maximum atomic E-state index is 12.3. The fraction of sp³-hybridized carbons (Fsp3) is 0.211. The molecule has 0 radical (unpaired) electrons. The molecule has 27 heavy (non-hydrogen) atoms. The van der Waals surface area contributed by atoms with Crippen LogP contribution in [-0.4, -0.2) is 32.7 Å². The smallest absolute Gasteiger partial charge is 0.234 e. The van der Waals surface area contributed by atoms with Gasteiger partial charge < -0.3 is 9.73 Å². The van der Waals surface area contributed by atoms with E-state index in [0.29, 0.717) is 17.5 Å². The third-order valence-electron chi connectivity index (χ3n) is 3.81. The fourth-order valence-corrected chi connectivity index (χ4v) is 3.74. The summed E-state index contributed by atoms with van der Waals surface area (Å²) in [6, 6.07) is 9.62. The largest absolute Gasteiger partial charge is 0.469 e. The first-order valence-electron chi connectivity index (χ1n) is 8.27. The van der Waals surface area contributed by atoms with E-state index in [0.717, 1.165) is 21.9 Å². The zero-order chi connectivity index (χ0) is 19.2. The van der Waals surface area contributed by atoms with Crippen molar-refractivity contribution in [3.05, 3.63) is 55.0 Å². The van der Waals surface area contributed by atoms with Crippen molar-refractivity contribution in [2.75, 3.05) is 17.3 Å². The summed E-state index contributed by atoms with van der Waals surface area (Å²) in [5, 5.41) is 12.1. The van der Waals surface area contributed by atoms with Gasteiger partial charge in [-0.1, -0.05) is 23.9 Å². The summed E-state index contributed by atoms with van der Waals surface area (Å²) in [4.78, 5) is 13.4. The van der Waals surface area contributed by atoms with Crippen LogP contribution in [0.15, 0.2) is 63.7 Å². The van der Waals surface area contributed by atoms with Crippen molar-refractivity contribution in [1.82, 2.24) is 14.8 Å². The van der Waals surface area contributed by atoms with Crippen LogP contribution in [0.25, 0.3) is 11.4 Å². The molecule has 2 aromatic heterocycles. The van der Waals surface area contributed by atoms with Gasteiger partial charge in [-0.15, -0.1) is 28.5 Å². The van der Waals surface area contributed by atoms with Crippen LogP contribution < -0.4 is 5.32 Å². The van der Waals surface area contributed by atoms with E-state index < -0.39 is 0 Å².